The molecule has 10 heteroatoms. The fraction of sp³-hybridized carbons (Fsp3) is 0.714. The first kappa shape index (κ1) is 33.9. The number of hydrogen-bond donors (Lipinski definition) is 5. The van der Waals surface area contributed by atoms with Crippen LogP contribution in [0, 0.1) is 0 Å². The molecule has 0 spiro atoms. The number of benzene rings is 1. The summed E-state index contributed by atoms with van der Waals surface area (Å²) in [6.07, 6.45) is 12.6. The summed E-state index contributed by atoms with van der Waals surface area (Å²) in [6.45, 7) is 4.08. The van der Waals surface area contributed by atoms with E-state index in [9.17, 15) is 33.3 Å². The number of unbranched alkanes of at least 4 members (excludes halogenated alkanes) is 10. The minimum Gasteiger partial charge on any atom is -0.478 e. The number of carboxylic acids is 1. The number of hydrogen-bond acceptors (Lipinski definition) is 6. The number of carbonyl (C=O) groups is 2. The molecule has 0 heterocycles. The van der Waals surface area contributed by atoms with Gasteiger partial charge in [-0.2, -0.15) is 0 Å². The molecule has 9 nitrogen and oxygen atoms in total. The van der Waals surface area contributed by atoms with Crippen molar-refractivity contribution in [3.05, 3.63) is 29.3 Å². The zero-order valence-corrected chi connectivity index (χ0v) is 23.9. The van der Waals surface area contributed by atoms with Gasteiger partial charge in [0.05, 0.1) is 29.2 Å². The number of aliphatic hydroxyl groups is 2. The molecule has 0 aliphatic rings. The van der Waals surface area contributed by atoms with Crippen molar-refractivity contribution in [2.75, 3.05) is 17.0 Å². The zero-order chi connectivity index (χ0) is 28.4. The molecule has 2 atom stereocenters. The van der Waals surface area contributed by atoms with E-state index in [4.69, 9.17) is 0 Å². The van der Waals surface area contributed by atoms with Crippen molar-refractivity contribution in [2.45, 2.75) is 116 Å². The number of aliphatic hydroxyl groups excluding tert-OH is 2. The molecular formula is C28H48N2O7S. The summed E-state index contributed by atoms with van der Waals surface area (Å²) in [6, 6.07) is 3.82. The lowest BCUT2D eigenvalue weighted by atomic mass is 9.99. The predicted molar refractivity (Wildman–Crippen MR) is 151 cm³/mol. The van der Waals surface area contributed by atoms with Crippen LogP contribution in [0.1, 0.15) is 124 Å². The van der Waals surface area contributed by atoms with E-state index in [2.05, 4.69) is 17.0 Å². The van der Waals surface area contributed by atoms with Crippen LogP contribution in [0.5, 0.6) is 0 Å². The molecular weight excluding hydrogens is 508 g/mol. The highest BCUT2D eigenvalue weighted by atomic mass is 32.2. The van der Waals surface area contributed by atoms with Crippen LogP contribution in [0.2, 0.25) is 0 Å². The highest BCUT2D eigenvalue weighted by Crippen LogP contribution is 2.20. The van der Waals surface area contributed by atoms with E-state index in [-0.39, 0.29) is 22.6 Å². The number of nitrogens with one attached hydrogen (secondary N) is 2. The largest absolute Gasteiger partial charge is 0.478 e. The Morgan fingerprint density at radius 2 is 1.34 bits per heavy atom. The Kier molecular flexibility index (Phi) is 16.9. The van der Waals surface area contributed by atoms with Crippen molar-refractivity contribution >= 4 is 27.6 Å². The average Bonchev–Trinajstić information content (AvgIpc) is 2.88. The maximum Gasteiger partial charge on any atom is 0.337 e. The second-order valence-corrected chi connectivity index (χ2v) is 11.9. The summed E-state index contributed by atoms with van der Waals surface area (Å²) in [4.78, 5) is 23.8. The number of carbonyl (C=O) groups excluding carboxylic acids is 1. The fourth-order valence-electron chi connectivity index (χ4n) is 4.20. The second-order valence-electron chi connectivity index (χ2n) is 9.93. The number of aromatic carboxylic acids is 1. The van der Waals surface area contributed by atoms with Crippen LogP contribution < -0.4 is 10.0 Å². The van der Waals surface area contributed by atoms with Crippen LogP contribution in [-0.2, 0) is 10.0 Å². The van der Waals surface area contributed by atoms with E-state index in [1.165, 1.54) is 50.8 Å². The number of anilines is 1. The van der Waals surface area contributed by atoms with Crippen LogP contribution in [0.25, 0.3) is 0 Å². The van der Waals surface area contributed by atoms with Crippen molar-refractivity contribution in [1.82, 2.24) is 5.32 Å². The van der Waals surface area contributed by atoms with Crippen LogP contribution in [0.15, 0.2) is 18.2 Å². The predicted octanol–water partition coefficient (Wildman–Crippen LogP) is 5.08. The molecule has 38 heavy (non-hydrogen) atoms. The fourth-order valence-corrected chi connectivity index (χ4v) is 4.85. The molecule has 1 rings (SSSR count). The standard InChI is InChI=1S/C28H48N2O7S/c1-3-5-6-7-10-13-16-25(31)26(32)17-14-11-8-9-12-15-20-29-27(33)22-18-19-23(28(34)35)24(21-22)30-38(36,37)4-2/h18-19,21,25-26,30-32H,3-17,20H2,1-2H3,(H,29,33)(H,34,35). The van der Waals surface area contributed by atoms with Crippen LogP contribution in [-0.4, -0.2) is 60.1 Å². The van der Waals surface area contributed by atoms with Gasteiger partial charge in [0.25, 0.3) is 5.91 Å². The first-order chi connectivity index (χ1) is 18.1. The lowest BCUT2D eigenvalue weighted by Gasteiger charge is -2.17. The monoisotopic (exact) mass is 556 g/mol. The van der Waals surface area contributed by atoms with Gasteiger partial charge < -0.3 is 20.6 Å². The summed E-state index contributed by atoms with van der Waals surface area (Å²) < 4.78 is 26.0. The van der Waals surface area contributed by atoms with Crippen LogP contribution in [0.3, 0.4) is 0 Å². The summed E-state index contributed by atoms with van der Waals surface area (Å²) in [5, 5.41) is 32.4. The molecule has 0 radical (unpaired) electrons. The third-order valence-corrected chi connectivity index (χ3v) is 7.96. The Labute approximate surface area is 228 Å². The molecule has 0 saturated heterocycles. The zero-order valence-electron chi connectivity index (χ0n) is 23.1. The molecule has 0 aliphatic heterocycles. The molecule has 1 aromatic carbocycles. The SMILES string of the molecule is CCCCCCCCC(O)C(O)CCCCCCCCNC(=O)c1ccc(C(=O)O)c(NS(=O)(=O)CC)c1. The van der Waals surface area contributed by atoms with E-state index < -0.39 is 34.1 Å². The van der Waals surface area contributed by atoms with E-state index in [0.717, 1.165) is 51.4 Å². The normalized spacial score (nSPS) is 13.2. The van der Waals surface area contributed by atoms with Gasteiger partial charge in [-0.25, -0.2) is 13.2 Å². The molecule has 1 aromatic rings. The van der Waals surface area contributed by atoms with Crippen LogP contribution in [0.4, 0.5) is 5.69 Å². The number of carboxylic acid groups (broad SMARTS) is 1. The maximum atomic E-state index is 12.5. The van der Waals surface area contributed by atoms with Gasteiger partial charge in [0, 0.05) is 12.1 Å². The summed E-state index contributed by atoms with van der Waals surface area (Å²) in [7, 11) is -3.69. The lowest BCUT2D eigenvalue weighted by molar-refractivity contribution is 0.00712. The van der Waals surface area contributed by atoms with Gasteiger partial charge in [0.1, 0.15) is 0 Å². The van der Waals surface area contributed by atoms with E-state index in [0.29, 0.717) is 19.4 Å². The van der Waals surface area contributed by atoms with Gasteiger partial charge in [-0.3, -0.25) is 9.52 Å². The molecule has 2 unspecified atom stereocenters. The highest BCUT2D eigenvalue weighted by molar-refractivity contribution is 7.92. The lowest BCUT2D eigenvalue weighted by Crippen LogP contribution is -2.25. The minimum atomic E-state index is -3.69. The molecule has 0 bridgehead atoms. The van der Waals surface area contributed by atoms with Crippen molar-refractivity contribution in [3.8, 4) is 0 Å². The van der Waals surface area contributed by atoms with Gasteiger partial charge in [-0.05, 0) is 44.4 Å². The Balaban J connectivity index is 2.23. The second kappa shape index (κ2) is 19.0. The van der Waals surface area contributed by atoms with E-state index >= 15 is 0 Å². The van der Waals surface area contributed by atoms with Gasteiger partial charge in [-0.15, -0.1) is 0 Å². The maximum absolute atomic E-state index is 12.5. The van der Waals surface area contributed by atoms with E-state index in [1.54, 1.807) is 0 Å². The van der Waals surface area contributed by atoms with Crippen molar-refractivity contribution in [2.24, 2.45) is 0 Å². The first-order valence-corrected chi connectivity index (χ1v) is 15.8. The Morgan fingerprint density at radius 1 is 0.816 bits per heavy atom. The average molecular weight is 557 g/mol. The third kappa shape index (κ3) is 14.1. The molecule has 218 valence electrons. The number of sulfonamides is 1. The number of rotatable bonds is 22. The summed E-state index contributed by atoms with van der Waals surface area (Å²) in [5.74, 6) is -1.90. The van der Waals surface area contributed by atoms with Gasteiger partial charge >= 0.3 is 5.97 Å². The highest BCUT2D eigenvalue weighted by Gasteiger charge is 2.18. The summed E-state index contributed by atoms with van der Waals surface area (Å²) >= 11 is 0. The smallest absolute Gasteiger partial charge is 0.337 e. The number of amides is 1. The molecule has 0 fully saturated rings. The van der Waals surface area contributed by atoms with Crippen LogP contribution >= 0.6 is 0 Å². The van der Waals surface area contributed by atoms with Crippen molar-refractivity contribution in [3.63, 3.8) is 0 Å². The first-order valence-electron chi connectivity index (χ1n) is 14.1. The molecule has 0 aliphatic carbocycles. The van der Waals surface area contributed by atoms with Gasteiger partial charge in [-0.1, -0.05) is 77.6 Å². The van der Waals surface area contributed by atoms with Gasteiger partial charge in [0.2, 0.25) is 10.0 Å². The topological polar surface area (TPSA) is 153 Å². The molecule has 1 amide bonds. The minimum absolute atomic E-state index is 0.132. The summed E-state index contributed by atoms with van der Waals surface area (Å²) in [5.41, 5.74) is -0.175. The molecule has 0 saturated carbocycles. The Bertz CT molecular complexity index is 937. The quantitative estimate of drug-likeness (QED) is 0.125. The Hall–Kier alpha value is -2.17. The molecule has 5 N–H and O–H groups in total. The molecule has 0 aromatic heterocycles. The van der Waals surface area contributed by atoms with Gasteiger partial charge in [0.15, 0.2) is 0 Å². The van der Waals surface area contributed by atoms with E-state index in [1.807, 2.05) is 0 Å². The third-order valence-electron chi connectivity index (χ3n) is 6.67. The van der Waals surface area contributed by atoms with Crippen molar-refractivity contribution in [1.29, 1.82) is 0 Å². The van der Waals surface area contributed by atoms with Crippen molar-refractivity contribution < 1.29 is 33.3 Å². The Morgan fingerprint density at radius 3 is 1.87 bits per heavy atom.